The maximum absolute atomic E-state index is 13.2. The molecule has 0 unspecified atom stereocenters. The van der Waals surface area contributed by atoms with Crippen molar-refractivity contribution < 1.29 is 27.5 Å². The lowest BCUT2D eigenvalue weighted by Gasteiger charge is -1.98. The van der Waals surface area contributed by atoms with E-state index in [9.17, 15) is 18.0 Å². The average molecular weight is 293 g/mol. The van der Waals surface area contributed by atoms with Gasteiger partial charge in [0.05, 0.1) is 5.56 Å². The smallest absolute Gasteiger partial charge is 0.335 e. The van der Waals surface area contributed by atoms with Crippen molar-refractivity contribution in [1.82, 2.24) is 4.98 Å². The van der Waals surface area contributed by atoms with Gasteiger partial charge in [-0.2, -0.15) is 0 Å². The molecule has 1 aromatic heterocycles. The fourth-order valence-electron chi connectivity index (χ4n) is 1.86. The molecular formula is C14H6F3NO3. The molecule has 0 bridgehead atoms. The van der Waals surface area contributed by atoms with E-state index in [0.29, 0.717) is 5.52 Å². The van der Waals surface area contributed by atoms with Gasteiger partial charge in [0.2, 0.25) is 5.89 Å². The number of fused-ring (bicyclic) bond motifs is 1. The van der Waals surface area contributed by atoms with Gasteiger partial charge < -0.3 is 9.52 Å². The Morgan fingerprint density at radius 3 is 2.38 bits per heavy atom. The van der Waals surface area contributed by atoms with Gasteiger partial charge in [-0.3, -0.25) is 0 Å². The highest BCUT2D eigenvalue weighted by molar-refractivity contribution is 5.92. The van der Waals surface area contributed by atoms with E-state index < -0.39 is 23.4 Å². The molecule has 2 aromatic carbocycles. The number of halogens is 3. The zero-order valence-electron chi connectivity index (χ0n) is 10.2. The predicted molar refractivity (Wildman–Crippen MR) is 66.3 cm³/mol. The molecule has 0 saturated carbocycles. The average Bonchev–Trinajstić information content (AvgIpc) is 2.86. The number of oxazole rings is 1. The second-order valence-corrected chi connectivity index (χ2v) is 4.26. The molecule has 7 heteroatoms. The van der Waals surface area contributed by atoms with Crippen LogP contribution >= 0.6 is 0 Å². The minimum Gasteiger partial charge on any atom is -0.478 e. The van der Waals surface area contributed by atoms with Crippen LogP contribution in [0.3, 0.4) is 0 Å². The Balaban J connectivity index is 2.15. The van der Waals surface area contributed by atoms with Crippen LogP contribution < -0.4 is 0 Å². The van der Waals surface area contributed by atoms with E-state index in [4.69, 9.17) is 9.52 Å². The molecule has 0 amide bonds. The van der Waals surface area contributed by atoms with Crippen molar-refractivity contribution in [3.05, 3.63) is 53.3 Å². The van der Waals surface area contributed by atoms with Gasteiger partial charge in [-0.15, -0.1) is 0 Å². The minimum absolute atomic E-state index is 0.0123. The summed E-state index contributed by atoms with van der Waals surface area (Å²) in [6.45, 7) is 0. The molecule has 4 nitrogen and oxygen atoms in total. The summed E-state index contributed by atoms with van der Waals surface area (Å²) >= 11 is 0. The van der Waals surface area contributed by atoms with E-state index in [1.165, 1.54) is 18.2 Å². The van der Waals surface area contributed by atoms with Crippen molar-refractivity contribution in [3.63, 3.8) is 0 Å². The molecule has 21 heavy (non-hydrogen) atoms. The number of carbonyl (C=O) groups is 1. The van der Waals surface area contributed by atoms with E-state index >= 15 is 0 Å². The number of aromatic nitrogens is 1. The number of hydrogen-bond donors (Lipinski definition) is 1. The van der Waals surface area contributed by atoms with E-state index in [0.717, 1.165) is 12.1 Å². The second kappa shape index (κ2) is 4.62. The van der Waals surface area contributed by atoms with Gasteiger partial charge in [-0.05, 0) is 30.3 Å². The zero-order valence-corrected chi connectivity index (χ0v) is 10.2. The molecule has 0 fully saturated rings. The minimum atomic E-state index is -1.58. The largest absolute Gasteiger partial charge is 0.478 e. The third-order valence-electron chi connectivity index (χ3n) is 2.87. The lowest BCUT2D eigenvalue weighted by molar-refractivity contribution is 0.0697. The summed E-state index contributed by atoms with van der Waals surface area (Å²) in [6.07, 6.45) is 0. The Labute approximate surface area is 115 Å². The van der Waals surface area contributed by atoms with Crippen LogP contribution in [0.5, 0.6) is 0 Å². The van der Waals surface area contributed by atoms with Crippen molar-refractivity contribution >= 4 is 17.1 Å². The maximum Gasteiger partial charge on any atom is 0.335 e. The highest BCUT2D eigenvalue weighted by Gasteiger charge is 2.16. The number of carboxylic acid groups (broad SMARTS) is 1. The van der Waals surface area contributed by atoms with Crippen molar-refractivity contribution in [2.24, 2.45) is 0 Å². The van der Waals surface area contributed by atoms with Gasteiger partial charge in [-0.1, -0.05) is 0 Å². The summed E-state index contributed by atoms with van der Waals surface area (Å²) in [5.41, 5.74) is 0.372. The van der Waals surface area contributed by atoms with Crippen LogP contribution in [-0.4, -0.2) is 16.1 Å². The van der Waals surface area contributed by atoms with Gasteiger partial charge in [0.15, 0.2) is 23.0 Å². The zero-order chi connectivity index (χ0) is 15.1. The van der Waals surface area contributed by atoms with E-state index in [1.807, 2.05) is 0 Å². The molecule has 1 N–H and O–H groups in total. The molecule has 3 aromatic rings. The lowest BCUT2D eigenvalue weighted by Crippen LogP contribution is -1.94. The van der Waals surface area contributed by atoms with Gasteiger partial charge in [0, 0.05) is 5.56 Å². The molecule has 3 rings (SSSR count). The third-order valence-corrected chi connectivity index (χ3v) is 2.87. The standard InChI is InChI=1S/C14H6F3NO3/c15-8-3-7(4-9(16)12(8)17)13-18-10-2-1-6(14(19)20)5-11(10)21-13/h1-5H,(H,19,20). The molecular weight excluding hydrogens is 287 g/mol. The SMILES string of the molecule is O=C(O)c1ccc2nc(-c3cc(F)c(F)c(F)c3)oc2c1. The molecule has 0 aliphatic rings. The maximum atomic E-state index is 13.2. The lowest BCUT2D eigenvalue weighted by atomic mass is 10.2. The summed E-state index contributed by atoms with van der Waals surface area (Å²) in [5, 5.41) is 8.87. The van der Waals surface area contributed by atoms with Crippen molar-refractivity contribution in [2.75, 3.05) is 0 Å². The number of carboxylic acids is 1. The Morgan fingerprint density at radius 1 is 1.10 bits per heavy atom. The Hall–Kier alpha value is -2.83. The summed E-state index contributed by atoms with van der Waals surface area (Å²) in [4.78, 5) is 14.8. The van der Waals surface area contributed by atoms with Crippen molar-refractivity contribution in [2.45, 2.75) is 0 Å². The van der Waals surface area contributed by atoms with Crippen LogP contribution in [0, 0.1) is 17.5 Å². The monoisotopic (exact) mass is 293 g/mol. The topological polar surface area (TPSA) is 63.3 Å². The van der Waals surface area contributed by atoms with Crippen molar-refractivity contribution in [1.29, 1.82) is 0 Å². The van der Waals surface area contributed by atoms with Gasteiger partial charge in [-0.25, -0.2) is 22.9 Å². The highest BCUT2D eigenvalue weighted by atomic mass is 19.2. The molecule has 1 heterocycles. The number of hydrogen-bond acceptors (Lipinski definition) is 3. The van der Waals surface area contributed by atoms with Crippen LogP contribution in [0.25, 0.3) is 22.6 Å². The second-order valence-electron chi connectivity index (χ2n) is 4.26. The summed E-state index contributed by atoms with van der Waals surface area (Å²) in [6, 6.07) is 5.47. The molecule has 0 aliphatic heterocycles. The van der Waals surface area contributed by atoms with Gasteiger partial charge >= 0.3 is 5.97 Å². The molecule has 0 saturated heterocycles. The molecule has 0 radical (unpaired) electrons. The summed E-state index contributed by atoms with van der Waals surface area (Å²) in [7, 11) is 0. The Morgan fingerprint density at radius 2 is 1.76 bits per heavy atom. The molecule has 0 spiro atoms. The first-order valence-electron chi connectivity index (χ1n) is 5.74. The molecule has 106 valence electrons. The molecule has 0 atom stereocenters. The fourth-order valence-corrected chi connectivity index (χ4v) is 1.86. The third kappa shape index (κ3) is 2.22. The van der Waals surface area contributed by atoms with Crippen LogP contribution in [-0.2, 0) is 0 Å². The van der Waals surface area contributed by atoms with E-state index in [-0.39, 0.29) is 22.6 Å². The number of benzene rings is 2. The van der Waals surface area contributed by atoms with Gasteiger partial charge in [0.25, 0.3) is 0 Å². The first-order valence-corrected chi connectivity index (χ1v) is 5.74. The number of nitrogens with zero attached hydrogens (tertiary/aromatic N) is 1. The van der Waals surface area contributed by atoms with Crippen LogP contribution in [0.15, 0.2) is 34.7 Å². The summed E-state index contributed by atoms with van der Waals surface area (Å²) < 4.78 is 44.5. The molecule has 0 aliphatic carbocycles. The van der Waals surface area contributed by atoms with Crippen molar-refractivity contribution in [3.8, 4) is 11.5 Å². The quantitative estimate of drug-likeness (QED) is 0.733. The highest BCUT2D eigenvalue weighted by Crippen LogP contribution is 2.27. The van der Waals surface area contributed by atoms with Crippen LogP contribution in [0.4, 0.5) is 13.2 Å². The summed E-state index contributed by atoms with van der Waals surface area (Å²) in [5.74, 6) is -5.58. The van der Waals surface area contributed by atoms with Gasteiger partial charge in [0.1, 0.15) is 5.52 Å². The van der Waals surface area contributed by atoms with E-state index in [2.05, 4.69) is 4.98 Å². The van der Waals surface area contributed by atoms with Crippen LogP contribution in [0.2, 0.25) is 0 Å². The number of aromatic carboxylic acids is 1. The normalized spacial score (nSPS) is 11.0. The Bertz CT molecular complexity index is 850. The first kappa shape index (κ1) is 13.2. The van der Waals surface area contributed by atoms with Crippen LogP contribution in [0.1, 0.15) is 10.4 Å². The first-order chi connectivity index (χ1) is 9.95. The predicted octanol–water partition coefficient (Wildman–Crippen LogP) is 3.61. The van der Waals surface area contributed by atoms with E-state index in [1.54, 1.807) is 0 Å². The number of rotatable bonds is 2. The fraction of sp³-hybridized carbons (Fsp3) is 0. The Kier molecular flexibility index (Phi) is 2.90.